The fraction of sp³-hybridized carbons (Fsp3) is 0.526. The monoisotopic (exact) mass is 864 g/mol. The number of aliphatic imine (C=N–C) groups is 4. The first-order valence-electron chi connectivity index (χ1n) is 17.1. The van der Waals surface area contributed by atoms with Crippen molar-refractivity contribution in [2.75, 3.05) is 26.2 Å². The summed E-state index contributed by atoms with van der Waals surface area (Å²) in [7, 11) is 0. The Morgan fingerprint density at radius 3 is 0.860 bits per heavy atom. The molecule has 0 saturated carbocycles. The maximum absolute atomic E-state index is 10.5. The molecule has 0 unspecified atom stereocenters. The Labute approximate surface area is 324 Å². The Bertz CT molecular complexity index is 1080. The minimum atomic E-state index is 0. The molecule has 12 heteroatoms. The summed E-state index contributed by atoms with van der Waals surface area (Å²) in [6, 6.07) is 19.3. The fourth-order valence-corrected chi connectivity index (χ4v) is 4.35. The maximum Gasteiger partial charge on any atom is 3.00 e. The average molecular weight is 865 g/mol. The summed E-state index contributed by atoms with van der Waals surface area (Å²) in [4.78, 5) is 35.1. The number of hydrogen-bond donors (Lipinski definition) is 0. The molecule has 0 fully saturated rings. The van der Waals surface area contributed by atoms with Crippen LogP contribution in [0.15, 0.2) is 68.5 Å². The van der Waals surface area contributed by atoms with Crippen LogP contribution in [-0.2, 0) is 39.0 Å². The topological polar surface area (TPSA) is 176 Å². The summed E-state index contributed by atoms with van der Waals surface area (Å²) in [5.74, 6) is 0.398. The molecule has 0 N–H and O–H groups in total. The van der Waals surface area contributed by atoms with Crippen molar-refractivity contribution < 1.29 is 69.0 Å². The SMILES string of the molecule is O=Cc1cc[c-]cc1.O=Cc1cc[c-]cc1.[O-]C1=NCCCCC1.[O-]C1=NCCCCC1.[O-]C1=NCCCCC1.[O-]C1=NCCCCC1.[Rh+3].[Rh+3]. The first-order chi connectivity index (χ1) is 23.4. The third-order valence-corrected chi connectivity index (χ3v) is 7.11. The number of aldehydes is 2. The van der Waals surface area contributed by atoms with Gasteiger partial charge in [-0.05, 0) is 101 Å². The van der Waals surface area contributed by atoms with Gasteiger partial charge in [-0.25, -0.2) is 0 Å². The molecule has 10 nitrogen and oxygen atoms in total. The standard InChI is InChI=1S/2C7H5O.4C6H11NO.2Rh/c2*8-6-7-4-2-1-3-5-7;4*8-6-4-2-1-3-5-7-6;;/h2*2-6H;4*1-5H2,(H,7,8);;/q2*-1;;;;;2*+3/p-4. The van der Waals surface area contributed by atoms with Crippen LogP contribution in [0.3, 0.4) is 0 Å². The number of carbonyl (C=O) groups is 2. The number of carbonyl (C=O) groups excluding carboxylic acids is 2. The van der Waals surface area contributed by atoms with E-state index < -0.39 is 0 Å². The van der Waals surface area contributed by atoms with Crippen molar-refractivity contribution in [1.29, 1.82) is 0 Å². The number of benzene rings is 2. The number of hydrogen-bond acceptors (Lipinski definition) is 10. The predicted octanol–water partition coefficient (Wildman–Crippen LogP) is 3.87. The van der Waals surface area contributed by atoms with Gasteiger partial charge in [-0.3, -0.25) is 0 Å². The second kappa shape index (κ2) is 35.7. The zero-order valence-electron chi connectivity index (χ0n) is 28.8. The Morgan fingerprint density at radius 2 is 0.660 bits per heavy atom. The first-order valence-corrected chi connectivity index (χ1v) is 17.1. The molecule has 0 atom stereocenters. The van der Waals surface area contributed by atoms with Crippen molar-refractivity contribution in [2.24, 2.45) is 20.0 Å². The zero-order valence-corrected chi connectivity index (χ0v) is 32.1. The van der Waals surface area contributed by atoms with E-state index in [-0.39, 0.29) is 62.5 Å². The number of rotatable bonds is 2. The molecule has 276 valence electrons. The van der Waals surface area contributed by atoms with Crippen LogP contribution in [0.4, 0.5) is 0 Å². The molecule has 50 heavy (non-hydrogen) atoms. The molecule has 0 aromatic heterocycles. The fourth-order valence-electron chi connectivity index (χ4n) is 4.35. The van der Waals surface area contributed by atoms with Crippen molar-refractivity contribution in [3.63, 3.8) is 0 Å². The van der Waals surface area contributed by atoms with Crippen LogP contribution in [0.2, 0.25) is 0 Å². The molecule has 2 aromatic rings. The summed E-state index contributed by atoms with van der Waals surface area (Å²) in [5.41, 5.74) is 1.40. The molecule has 4 aliphatic heterocycles. The van der Waals surface area contributed by atoms with Crippen molar-refractivity contribution in [3.05, 3.63) is 71.8 Å². The average Bonchev–Trinajstić information content (AvgIpc) is 3.72. The summed E-state index contributed by atoms with van der Waals surface area (Å²) in [6.45, 7) is 3.05. The van der Waals surface area contributed by atoms with Gasteiger partial charge in [0.2, 0.25) is 0 Å². The molecule has 2 aromatic carbocycles. The largest absolute Gasteiger partial charge is 3.00 e. The zero-order chi connectivity index (χ0) is 34.9. The van der Waals surface area contributed by atoms with Crippen molar-refractivity contribution in [2.45, 2.75) is 103 Å². The van der Waals surface area contributed by atoms with E-state index in [0.29, 0.717) is 36.8 Å². The quantitative estimate of drug-likeness (QED) is 0.252. The Hall–Kier alpha value is -3.09. The second-order valence-corrected chi connectivity index (χ2v) is 11.2. The Balaban J connectivity index is 0. The predicted molar refractivity (Wildman–Crippen MR) is 184 cm³/mol. The van der Waals surface area contributed by atoms with Gasteiger partial charge in [0, 0.05) is 26.2 Å². The minimum absolute atomic E-state index is 0. The minimum Gasteiger partial charge on any atom is -0.862 e. The van der Waals surface area contributed by atoms with Gasteiger partial charge in [0.15, 0.2) is 0 Å². The molecule has 0 saturated heterocycles. The van der Waals surface area contributed by atoms with E-state index in [9.17, 15) is 30.0 Å². The van der Waals surface area contributed by atoms with Crippen molar-refractivity contribution >= 4 is 36.2 Å². The molecular formula is C38H50N4O6Rh2. The molecule has 4 aliphatic rings. The van der Waals surface area contributed by atoms with Gasteiger partial charge in [0.05, 0.1) is 0 Å². The van der Waals surface area contributed by atoms with Crippen LogP contribution in [0, 0.1) is 12.1 Å². The summed E-state index contributed by atoms with van der Waals surface area (Å²) in [5, 5.41) is 42.1. The molecule has 0 amide bonds. The van der Waals surface area contributed by atoms with Gasteiger partial charge in [-0.15, -0.1) is 0 Å². The van der Waals surface area contributed by atoms with Gasteiger partial charge in [0.25, 0.3) is 0 Å². The smallest absolute Gasteiger partial charge is 0.862 e. The first kappa shape index (κ1) is 49.0. The van der Waals surface area contributed by atoms with Gasteiger partial charge in [0.1, 0.15) is 12.6 Å². The molecular weight excluding hydrogens is 814 g/mol. The van der Waals surface area contributed by atoms with Gasteiger partial charge in [-0.2, -0.15) is 60.7 Å². The van der Waals surface area contributed by atoms with E-state index in [4.69, 9.17) is 0 Å². The third kappa shape index (κ3) is 30.9. The summed E-state index contributed by atoms with van der Waals surface area (Å²) >= 11 is 0. The van der Waals surface area contributed by atoms with Crippen LogP contribution in [0.25, 0.3) is 0 Å². The van der Waals surface area contributed by atoms with Crippen LogP contribution in [0.5, 0.6) is 0 Å². The molecule has 4 heterocycles. The van der Waals surface area contributed by atoms with E-state index in [1.54, 1.807) is 48.5 Å². The van der Waals surface area contributed by atoms with E-state index in [2.05, 4.69) is 32.1 Å². The second-order valence-electron chi connectivity index (χ2n) is 11.2. The molecule has 0 aliphatic carbocycles. The van der Waals surface area contributed by atoms with Crippen LogP contribution in [-0.4, -0.2) is 62.3 Å². The molecule has 0 bridgehead atoms. The number of nitrogens with zero attached hydrogens (tertiary/aromatic N) is 4. The van der Waals surface area contributed by atoms with Crippen molar-refractivity contribution in [3.8, 4) is 0 Å². The van der Waals surface area contributed by atoms with Gasteiger partial charge < -0.3 is 50.0 Å². The summed E-state index contributed by atoms with van der Waals surface area (Å²) in [6.07, 6.45) is 17.6. The van der Waals surface area contributed by atoms with Crippen LogP contribution in [0.1, 0.15) is 123 Å². The summed E-state index contributed by atoms with van der Waals surface area (Å²) < 4.78 is 0. The van der Waals surface area contributed by atoms with Gasteiger partial charge >= 0.3 is 39.0 Å². The van der Waals surface area contributed by atoms with E-state index in [1.165, 1.54) is 25.7 Å². The van der Waals surface area contributed by atoms with E-state index in [1.807, 2.05) is 0 Å². The van der Waals surface area contributed by atoms with Crippen molar-refractivity contribution in [1.82, 2.24) is 0 Å². The van der Waals surface area contributed by atoms with E-state index in [0.717, 1.165) is 90.1 Å². The normalized spacial score (nSPS) is 16.6. The third-order valence-electron chi connectivity index (χ3n) is 7.11. The maximum atomic E-state index is 10.5. The van der Waals surface area contributed by atoms with Crippen LogP contribution < -0.4 is 20.4 Å². The van der Waals surface area contributed by atoms with E-state index >= 15 is 0 Å². The molecule has 0 spiro atoms. The molecule has 0 radical (unpaired) electrons. The Kier molecular flexibility index (Phi) is 35.0. The van der Waals surface area contributed by atoms with Crippen LogP contribution >= 0.6 is 0 Å². The van der Waals surface area contributed by atoms with Gasteiger partial charge in [-0.1, -0.05) is 36.8 Å². The Morgan fingerprint density at radius 1 is 0.420 bits per heavy atom. The molecule has 6 rings (SSSR count).